The maximum atomic E-state index is 11.0. The van der Waals surface area contributed by atoms with Gasteiger partial charge >= 0.3 is 0 Å². The zero-order valence-corrected chi connectivity index (χ0v) is 13.3. The Kier molecular flexibility index (Phi) is 4.38. The van der Waals surface area contributed by atoms with Gasteiger partial charge in [-0.2, -0.15) is 0 Å². The molecule has 23 heavy (non-hydrogen) atoms. The zero-order chi connectivity index (χ0) is 16.3. The summed E-state index contributed by atoms with van der Waals surface area (Å²) in [6.45, 7) is 5.26. The normalized spacial score (nSPS) is 17.3. The standard InChI is InChI=1S/C20H21NO2/c1-3-20(22,18-6-4-5-16(2)15-18)17-7-9-19(10-8-17)21-11-13-23-14-12-21/h1,4-10,15,22H,11-14H2,2H3. The van der Waals surface area contributed by atoms with Crippen LogP contribution in [0.1, 0.15) is 16.7 Å². The van der Waals surface area contributed by atoms with Crippen molar-refractivity contribution < 1.29 is 9.84 Å². The lowest BCUT2D eigenvalue weighted by Crippen LogP contribution is -2.36. The number of morpholine rings is 1. The molecule has 1 aliphatic rings. The van der Waals surface area contributed by atoms with Gasteiger partial charge in [0.05, 0.1) is 13.2 Å². The molecule has 1 N–H and O–H groups in total. The van der Waals surface area contributed by atoms with Gasteiger partial charge in [-0.15, -0.1) is 6.42 Å². The van der Waals surface area contributed by atoms with Gasteiger partial charge in [0.25, 0.3) is 0 Å². The first-order valence-corrected chi connectivity index (χ1v) is 7.84. The molecule has 0 bridgehead atoms. The third-order valence-corrected chi connectivity index (χ3v) is 4.31. The molecule has 1 saturated heterocycles. The molecule has 2 aromatic carbocycles. The minimum atomic E-state index is -1.41. The van der Waals surface area contributed by atoms with Crippen LogP contribution in [0.2, 0.25) is 0 Å². The molecule has 3 rings (SSSR count). The highest BCUT2D eigenvalue weighted by Gasteiger charge is 2.29. The van der Waals surface area contributed by atoms with Crippen LogP contribution >= 0.6 is 0 Å². The van der Waals surface area contributed by atoms with Gasteiger partial charge in [0.15, 0.2) is 5.60 Å². The van der Waals surface area contributed by atoms with E-state index in [2.05, 4.69) is 10.8 Å². The van der Waals surface area contributed by atoms with Crippen molar-refractivity contribution in [2.24, 2.45) is 0 Å². The number of rotatable bonds is 3. The van der Waals surface area contributed by atoms with E-state index >= 15 is 0 Å². The van der Waals surface area contributed by atoms with Crippen LogP contribution in [0.4, 0.5) is 5.69 Å². The van der Waals surface area contributed by atoms with Crippen molar-refractivity contribution in [3.8, 4) is 12.3 Å². The fourth-order valence-corrected chi connectivity index (χ4v) is 2.94. The molecular formula is C20H21NO2. The van der Waals surface area contributed by atoms with Crippen LogP contribution in [0.25, 0.3) is 0 Å². The van der Waals surface area contributed by atoms with Crippen molar-refractivity contribution in [1.82, 2.24) is 0 Å². The molecule has 1 unspecified atom stereocenters. The molecule has 1 heterocycles. The summed E-state index contributed by atoms with van der Waals surface area (Å²) in [5, 5.41) is 11.0. The average molecular weight is 307 g/mol. The fraction of sp³-hybridized carbons (Fsp3) is 0.300. The number of benzene rings is 2. The third-order valence-electron chi connectivity index (χ3n) is 4.31. The Morgan fingerprint density at radius 1 is 1.09 bits per heavy atom. The molecule has 1 aliphatic heterocycles. The van der Waals surface area contributed by atoms with Crippen molar-refractivity contribution in [2.75, 3.05) is 31.2 Å². The summed E-state index contributed by atoms with van der Waals surface area (Å²) in [6.07, 6.45) is 5.68. The highest BCUT2D eigenvalue weighted by Crippen LogP contribution is 2.31. The van der Waals surface area contributed by atoms with E-state index in [0.29, 0.717) is 5.56 Å². The molecule has 0 aliphatic carbocycles. The Labute approximate surface area is 137 Å². The smallest absolute Gasteiger partial charge is 0.176 e. The first-order valence-electron chi connectivity index (χ1n) is 7.84. The minimum Gasteiger partial charge on any atom is -0.378 e. The summed E-state index contributed by atoms with van der Waals surface area (Å²) in [5.41, 5.74) is 2.22. The van der Waals surface area contributed by atoms with E-state index in [1.54, 1.807) is 0 Å². The second-order valence-corrected chi connectivity index (χ2v) is 5.87. The van der Waals surface area contributed by atoms with Crippen molar-refractivity contribution in [3.63, 3.8) is 0 Å². The number of aryl methyl sites for hydroxylation is 1. The molecule has 1 fully saturated rings. The quantitative estimate of drug-likeness (QED) is 0.885. The van der Waals surface area contributed by atoms with Crippen molar-refractivity contribution in [1.29, 1.82) is 0 Å². The maximum Gasteiger partial charge on any atom is 0.176 e. The van der Waals surface area contributed by atoms with E-state index in [9.17, 15) is 5.11 Å². The van der Waals surface area contributed by atoms with Crippen molar-refractivity contribution in [3.05, 3.63) is 65.2 Å². The lowest BCUT2D eigenvalue weighted by Gasteiger charge is -2.30. The van der Waals surface area contributed by atoms with Crippen LogP contribution in [-0.4, -0.2) is 31.4 Å². The van der Waals surface area contributed by atoms with Gasteiger partial charge in [0.1, 0.15) is 0 Å². The molecular weight excluding hydrogens is 286 g/mol. The van der Waals surface area contributed by atoms with E-state index in [4.69, 9.17) is 11.2 Å². The summed E-state index contributed by atoms with van der Waals surface area (Å²) >= 11 is 0. The van der Waals surface area contributed by atoms with Gasteiger partial charge in [0, 0.05) is 29.9 Å². The molecule has 0 radical (unpaired) electrons. The average Bonchev–Trinajstić information content (AvgIpc) is 2.62. The Morgan fingerprint density at radius 2 is 1.78 bits per heavy atom. The monoisotopic (exact) mass is 307 g/mol. The number of nitrogens with zero attached hydrogens (tertiary/aromatic N) is 1. The van der Waals surface area contributed by atoms with Gasteiger partial charge in [0.2, 0.25) is 0 Å². The molecule has 0 amide bonds. The first kappa shape index (κ1) is 15.6. The van der Waals surface area contributed by atoms with Gasteiger partial charge in [-0.3, -0.25) is 0 Å². The highest BCUT2D eigenvalue weighted by molar-refractivity contribution is 5.52. The van der Waals surface area contributed by atoms with Gasteiger partial charge < -0.3 is 14.7 Å². The van der Waals surface area contributed by atoms with Crippen LogP contribution in [0, 0.1) is 19.3 Å². The summed E-state index contributed by atoms with van der Waals surface area (Å²) in [5.74, 6) is 2.56. The van der Waals surface area contributed by atoms with Crippen LogP contribution in [0.3, 0.4) is 0 Å². The van der Waals surface area contributed by atoms with Crippen molar-refractivity contribution >= 4 is 5.69 Å². The van der Waals surface area contributed by atoms with E-state index in [1.165, 1.54) is 0 Å². The first-order chi connectivity index (χ1) is 11.1. The number of hydrogen-bond donors (Lipinski definition) is 1. The largest absolute Gasteiger partial charge is 0.378 e. The fourth-order valence-electron chi connectivity index (χ4n) is 2.94. The van der Waals surface area contributed by atoms with Gasteiger partial charge in [-0.05, 0) is 19.1 Å². The number of terminal acetylenes is 1. The predicted octanol–water partition coefficient (Wildman–Crippen LogP) is 2.70. The maximum absolute atomic E-state index is 11.0. The Morgan fingerprint density at radius 3 is 2.39 bits per heavy atom. The SMILES string of the molecule is C#CC(O)(c1ccc(N2CCOCC2)cc1)c1cccc(C)c1. The number of anilines is 1. The van der Waals surface area contributed by atoms with E-state index in [0.717, 1.165) is 43.1 Å². The third kappa shape index (κ3) is 3.10. The van der Waals surface area contributed by atoms with Crippen LogP contribution < -0.4 is 4.90 Å². The van der Waals surface area contributed by atoms with E-state index < -0.39 is 5.60 Å². The molecule has 1 atom stereocenters. The number of ether oxygens (including phenoxy) is 1. The molecule has 0 saturated carbocycles. The number of aliphatic hydroxyl groups is 1. The van der Waals surface area contributed by atoms with Gasteiger partial charge in [-0.1, -0.05) is 47.9 Å². The molecule has 3 nitrogen and oxygen atoms in total. The second kappa shape index (κ2) is 6.45. The Bertz CT molecular complexity index is 711. The number of hydrogen-bond acceptors (Lipinski definition) is 3. The van der Waals surface area contributed by atoms with Gasteiger partial charge in [-0.25, -0.2) is 0 Å². The lowest BCUT2D eigenvalue weighted by atomic mass is 9.86. The molecule has 3 heteroatoms. The summed E-state index contributed by atoms with van der Waals surface area (Å²) in [6, 6.07) is 15.5. The predicted molar refractivity (Wildman–Crippen MR) is 92.5 cm³/mol. The zero-order valence-electron chi connectivity index (χ0n) is 13.3. The lowest BCUT2D eigenvalue weighted by molar-refractivity contribution is 0.122. The van der Waals surface area contributed by atoms with E-state index in [1.807, 2.05) is 55.5 Å². The van der Waals surface area contributed by atoms with E-state index in [-0.39, 0.29) is 0 Å². The molecule has 0 aromatic heterocycles. The molecule has 0 spiro atoms. The Hall–Kier alpha value is -2.28. The van der Waals surface area contributed by atoms with Crippen LogP contribution in [-0.2, 0) is 10.3 Å². The highest BCUT2D eigenvalue weighted by atomic mass is 16.5. The molecule has 118 valence electrons. The summed E-state index contributed by atoms with van der Waals surface area (Å²) < 4.78 is 5.38. The Balaban J connectivity index is 1.91. The van der Waals surface area contributed by atoms with Crippen LogP contribution in [0.15, 0.2) is 48.5 Å². The topological polar surface area (TPSA) is 32.7 Å². The van der Waals surface area contributed by atoms with Crippen molar-refractivity contribution in [2.45, 2.75) is 12.5 Å². The molecule has 2 aromatic rings. The van der Waals surface area contributed by atoms with Crippen LogP contribution in [0.5, 0.6) is 0 Å². The summed E-state index contributed by atoms with van der Waals surface area (Å²) in [7, 11) is 0. The second-order valence-electron chi connectivity index (χ2n) is 5.87. The summed E-state index contributed by atoms with van der Waals surface area (Å²) in [4.78, 5) is 2.27. The minimum absolute atomic E-state index is 0.711.